The van der Waals surface area contributed by atoms with Crippen molar-refractivity contribution in [3.8, 4) is 0 Å². The van der Waals surface area contributed by atoms with Crippen LogP contribution in [0.1, 0.15) is 18.5 Å². The molecule has 2 aromatic carbocycles. The molecule has 3 rings (SSSR count). The molecule has 124 valence electrons. The molecule has 0 aliphatic carbocycles. The van der Waals surface area contributed by atoms with E-state index < -0.39 is 0 Å². The zero-order chi connectivity index (χ0) is 17.1. The maximum Gasteiger partial charge on any atom is 0.261 e. The van der Waals surface area contributed by atoms with Crippen LogP contribution < -0.4 is 10.2 Å². The lowest BCUT2D eigenvalue weighted by atomic mass is 10.1. The van der Waals surface area contributed by atoms with Gasteiger partial charge in [0, 0.05) is 5.02 Å². The number of hydrogen-bond donors (Lipinski definition) is 1. The van der Waals surface area contributed by atoms with Crippen molar-refractivity contribution in [3.63, 3.8) is 0 Å². The van der Waals surface area contributed by atoms with Crippen LogP contribution in [0.5, 0.6) is 0 Å². The lowest BCUT2D eigenvalue weighted by Gasteiger charge is -2.14. The molecule has 8 heteroatoms. The fraction of sp³-hybridized carbons (Fsp3) is 0.188. The topological polar surface area (TPSA) is 69.0 Å². The van der Waals surface area contributed by atoms with Gasteiger partial charge in [-0.3, -0.25) is 4.79 Å². The third kappa shape index (κ3) is 3.62. The number of nitrogens with zero attached hydrogens (tertiary/aromatic N) is 3. The number of nitrogens with one attached hydrogen (secondary N) is 1. The van der Waals surface area contributed by atoms with Gasteiger partial charge in [-0.15, -0.1) is 5.10 Å². The van der Waals surface area contributed by atoms with Gasteiger partial charge in [0.05, 0.1) is 6.04 Å². The molecule has 3 aromatic rings. The van der Waals surface area contributed by atoms with Gasteiger partial charge in [0.2, 0.25) is 0 Å². The van der Waals surface area contributed by atoms with E-state index in [2.05, 4.69) is 15.6 Å². The fourth-order valence-corrected chi connectivity index (χ4v) is 2.37. The molecule has 1 atom stereocenters. The van der Waals surface area contributed by atoms with E-state index in [0.717, 1.165) is 10.4 Å². The van der Waals surface area contributed by atoms with Crippen LogP contribution in [0.25, 0.3) is 11.0 Å². The van der Waals surface area contributed by atoms with Crippen molar-refractivity contribution in [1.29, 1.82) is 0 Å². The smallest absolute Gasteiger partial charge is 0.261 e. The largest absolute Gasteiger partial charge is 0.385 e. The van der Waals surface area contributed by atoms with Crippen LogP contribution in [0.4, 0.5) is 4.39 Å². The Morgan fingerprint density at radius 2 is 2.08 bits per heavy atom. The Bertz CT molecular complexity index is 866. The van der Waals surface area contributed by atoms with Gasteiger partial charge < -0.3 is 10.2 Å². The number of benzene rings is 2. The van der Waals surface area contributed by atoms with E-state index in [-0.39, 0.29) is 24.4 Å². The molecule has 0 saturated carbocycles. The normalized spacial score (nSPS) is 12.1. The molecule has 0 aliphatic rings. The third-order valence-electron chi connectivity index (χ3n) is 3.44. The van der Waals surface area contributed by atoms with Gasteiger partial charge in [-0.1, -0.05) is 28.6 Å². The number of hydrogen-bond acceptors (Lipinski definition) is 4. The zero-order valence-electron chi connectivity index (χ0n) is 12.7. The van der Waals surface area contributed by atoms with E-state index >= 15 is 0 Å². The molecule has 0 spiro atoms. The molecule has 24 heavy (non-hydrogen) atoms. The average Bonchev–Trinajstić information content (AvgIpc) is 2.95. The van der Waals surface area contributed by atoms with E-state index in [1.807, 2.05) is 0 Å². The summed E-state index contributed by atoms with van der Waals surface area (Å²) in [4.78, 5) is 18.5. The Labute approximate surface area is 142 Å². The quantitative estimate of drug-likeness (QED) is 0.769. The van der Waals surface area contributed by atoms with Crippen molar-refractivity contribution in [2.75, 3.05) is 6.61 Å². The second-order valence-corrected chi connectivity index (χ2v) is 5.65. The van der Waals surface area contributed by atoms with Crippen molar-refractivity contribution in [2.45, 2.75) is 13.0 Å². The van der Waals surface area contributed by atoms with E-state index in [1.54, 1.807) is 37.3 Å². The van der Waals surface area contributed by atoms with Crippen LogP contribution >= 0.6 is 11.6 Å². The first-order valence-corrected chi connectivity index (χ1v) is 7.60. The van der Waals surface area contributed by atoms with Crippen LogP contribution in [-0.4, -0.2) is 27.7 Å². The molecule has 0 saturated heterocycles. The number of amides is 1. The highest BCUT2D eigenvalue weighted by molar-refractivity contribution is 6.31. The van der Waals surface area contributed by atoms with E-state index in [9.17, 15) is 9.18 Å². The summed E-state index contributed by atoms with van der Waals surface area (Å²) in [5.41, 5.74) is 1.98. The van der Waals surface area contributed by atoms with E-state index in [1.165, 1.54) is 12.1 Å². The van der Waals surface area contributed by atoms with Crippen molar-refractivity contribution < 1.29 is 14.0 Å². The van der Waals surface area contributed by atoms with Gasteiger partial charge in [0.15, 0.2) is 6.61 Å². The lowest BCUT2D eigenvalue weighted by molar-refractivity contribution is -0.127. The summed E-state index contributed by atoms with van der Waals surface area (Å²) in [6.07, 6.45) is 0. The second-order valence-electron chi connectivity index (χ2n) is 5.21. The minimum Gasteiger partial charge on any atom is -0.385 e. The highest BCUT2D eigenvalue weighted by Crippen LogP contribution is 2.16. The van der Waals surface area contributed by atoms with Gasteiger partial charge in [0.1, 0.15) is 16.9 Å². The Morgan fingerprint density at radius 1 is 1.33 bits per heavy atom. The molecule has 0 radical (unpaired) electrons. The van der Waals surface area contributed by atoms with E-state index in [0.29, 0.717) is 16.1 Å². The van der Waals surface area contributed by atoms with Crippen molar-refractivity contribution in [3.05, 3.63) is 58.9 Å². The standard InChI is InChI=1S/C16H14ClFN4O2/c1-10(11-2-5-13(18)6-3-11)19-16(23)9-24-22-15-8-12(17)4-7-14(15)20-21-22/h2-8,10H,9H2,1H3,(H,19,23)/t10-/m1/s1. The van der Waals surface area contributed by atoms with Crippen molar-refractivity contribution in [2.24, 2.45) is 0 Å². The summed E-state index contributed by atoms with van der Waals surface area (Å²) in [7, 11) is 0. The minimum absolute atomic E-state index is 0.240. The summed E-state index contributed by atoms with van der Waals surface area (Å²) in [5.74, 6) is -0.658. The number of carbonyl (C=O) groups is 1. The predicted octanol–water partition coefficient (Wildman–Crippen LogP) is 2.53. The van der Waals surface area contributed by atoms with Gasteiger partial charge >= 0.3 is 0 Å². The van der Waals surface area contributed by atoms with Crippen LogP contribution in [0.2, 0.25) is 5.02 Å². The SMILES string of the molecule is C[C@@H](NC(=O)COn1nnc2ccc(Cl)cc21)c1ccc(F)cc1. The summed E-state index contributed by atoms with van der Waals surface area (Å²) in [6, 6.07) is 10.7. The maximum atomic E-state index is 12.9. The van der Waals surface area contributed by atoms with Crippen LogP contribution in [0, 0.1) is 5.82 Å². The Kier molecular flexibility index (Phi) is 4.61. The second kappa shape index (κ2) is 6.84. The molecule has 1 heterocycles. The number of carbonyl (C=O) groups excluding carboxylic acids is 1. The number of fused-ring (bicyclic) bond motifs is 1. The number of rotatable bonds is 5. The van der Waals surface area contributed by atoms with Crippen molar-refractivity contribution >= 4 is 28.5 Å². The van der Waals surface area contributed by atoms with Crippen molar-refractivity contribution in [1.82, 2.24) is 20.5 Å². The van der Waals surface area contributed by atoms with Gasteiger partial charge in [-0.05, 0) is 48.0 Å². The van der Waals surface area contributed by atoms with Crippen LogP contribution in [0.15, 0.2) is 42.5 Å². The Morgan fingerprint density at radius 3 is 2.83 bits per heavy atom. The summed E-state index contributed by atoms with van der Waals surface area (Å²) in [5, 5.41) is 11.0. The number of aromatic nitrogens is 3. The minimum atomic E-state index is -0.336. The third-order valence-corrected chi connectivity index (χ3v) is 3.68. The first kappa shape index (κ1) is 16.2. The molecule has 0 bridgehead atoms. The van der Waals surface area contributed by atoms with Gasteiger partial charge in [-0.25, -0.2) is 4.39 Å². The molecule has 0 fully saturated rings. The Balaban J connectivity index is 1.60. The molecule has 6 nitrogen and oxygen atoms in total. The summed E-state index contributed by atoms with van der Waals surface area (Å²) < 4.78 is 12.9. The first-order chi connectivity index (χ1) is 11.5. The molecule has 1 aromatic heterocycles. The van der Waals surface area contributed by atoms with Crippen LogP contribution in [0.3, 0.4) is 0 Å². The summed E-state index contributed by atoms with van der Waals surface area (Å²) in [6.45, 7) is 1.56. The lowest BCUT2D eigenvalue weighted by Crippen LogP contribution is -2.33. The molecule has 1 amide bonds. The molecular formula is C16H14ClFN4O2. The molecular weight excluding hydrogens is 335 g/mol. The van der Waals surface area contributed by atoms with Gasteiger partial charge in [0.25, 0.3) is 5.91 Å². The van der Waals surface area contributed by atoms with Crippen LogP contribution in [-0.2, 0) is 4.79 Å². The average molecular weight is 349 g/mol. The highest BCUT2D eigenvalue weighted by Gasteiger charge is 2.12. The monoisotopic (exact) mass is 348 g/mol. The Hall–Kier alpha value is -2.67. The molecule has 1 N–H and O–H groups in total. The number of halogens is 2. The zero-order valence-corrected chi connectivity index (χ0v) is 13.5. The predicted molar refractivity (Wildman–Crippen MR) is 86.9 cm³/mol. The molecule has 0 aliphatic heterocycles. The fourth-order valence-electron chi connectivity index (χ4n) is 2.20. The van der Waals surface area contributed by atoms with E-state index in [4.69, 9.17) is 16.4 Å². The van der Waals surface area contributed by atoms with Gasteiger partial charge in [-0.2, -0.15) is 0 Å². The maximum absolute atomic E-state index is 12.9. The first-order valence-electron chi connectivity index (χ1n) is 7.22. The highest BCUT2D eigenvalue weighted by atomic mass is 35.5. The molecule has 0 unspecified atom stereocenters. The summed E-state index contributed by atoms with van der Waals surface area (Å²) >= 11 is 5.93.